The van der Waals surface area contributed by atoms with E-state index in [4.69, 9.17) is 17.0 Å². The van der Waals surface area contributed by atoms with Crippen LogP contribution in [-0.2, 0) is 11.3 Å². The molecule has 1 unspecified atom stereocenters. The predicted octanol–water partition coefficient (Wildman–Crippen LogP) is 3.49. The van der Waals surface area contributed by atoms with Gasteiger partial charge in [0.1, 0.15) is 11.6 Å². The third-order valence-electron chi connectivity index (χ3n) is 2.94. The van der Waals surface area contributed by atoms with Crippen LogP contribution in [0.2, 0.25) is 0 Å². The first-order valence-electron chi connectivity index (χ1n) is 6.70. The van der Waals surface area contributed by atoms with Crippen LogP contribution in [0.5, 0.6) is 0 Å². The average molecular weight is 322 g/mol. The van der Waals surface area contributed by atoms with Crippen molar-refractivity contribution in [2.45, 2.75) is 32.0 Å². The largest absolute Gasteiger partial charge is 0.453 e. The van der Waals surface area contributed by atoms with E-state index in [1.54, 1.807) is 0 Å². The molecule has 1 heterocycles. The predicted molar refractivity (Wildman–Crippen MR) is 89.9 cm³/mol. The van der Waals surface area contributed by atoms with Gasteiger partial charge in [0.05, 0.1) is 0 Å². The quantitative estimate of drug-likeness (QED) is 0.676. The maximum absolute atomic E-state index is 12.0. The lowest BCUT2D eigenvalue weighted by Crippen LogP contribution is -2.49. The molecule has 1 aromatic carbocycles. The highest BCUT2D eigenvalue weighted by atomic mass is 32.2. The minimum atomic E-state index is -0.319. The number of hydrogen-bond donors (Lipinski definition) is 1. The molecular weight excluding hydrogens is 304 g/mol. The van der Waals surface area contributed by atoms with Gasteiger partial charge in [-0.25, -0.2) is 4.79 Å². The summed E-state index contributed by atoms with van der Waals surface area (Å²) in [4.78, 5) is 14.6. The molecule has 1 atom stereocenters. The molecule has 2 rings (SSSR count). The fourth-order valence-electron chi connectivity index (χ4n) is 1.85. The topological polar surface area (TPSA) is 41.6 Å². The lowest BCUT2D eigenvalue weighted by atomic mass is 10.2. The lowest BCUT2D eigenvalue weighted by molar-refractivity contribution is 0.167. The standard InChI is InChI=1S/C15H18N2O2S2/c1-11(2)17-9-8-13(20)16-14(17)21-15(18)19-10-12-6-4-3-5-7-12/h3-9,11,14H,10H2,1-2H3,(H,16,20). The van der Waals surface area contributed by atoms with Crippen molar-refractivity contribution in [1.82, 2.24) is 10.2 Å². The number of carbonyl (C=O) groups is 1. The Morgan fingerprint density at radius 2 is 2.14 bits per heavy atom. The van der Waals surface area contributed by atoms with Gasteiger partial charge in [0.25, 0.3) is 0 Å². The SMILES string of the molecule is CC(C)N1C=CC(=S)NC1SC(=O)OCc1ccccc1. The fourth-order valence-corrected chi connectivity index (χ4v) is 3.03. The first-order valence-corrected chi connectivity index (χ1v) is 7.98. The highest BCUT2D eigenvalue weighted by molar-refractivity contribution is 8.13. The van der Waals surface area contributed by atoms with Gasteiger partial charge in [-0.05, 0) is 25.5 Å². The number of benzene rings is 1. The number of ether oxygens (including phenoxy) is 1. The Balaban J connectivity index is 1.89. The summed E-state index contributed by atoms with van der Waals surface area (Å²) in [5, 5.41) is 2.79. The lowest BCUT2D eigenvalue weighted by Gasteiger charge is -2.36. The fraction of sp³-hybridized carbons (Fsp3) is 0.333. The Bertz CT molecular complexity index is 532. The number of thiocarbonyl (C=S) groups is 1. The summed E-state index contributed by atoms with van der Waals surface area (Å²) in [6.07, 6.45) is 3.73. The van der Waals surface area contributed by atoms with Gasteiger partial charge in [-0.3, -0.25) is 0 Å². The summed E-state index contributed by atoms with van der Waals surface area (Å²) in [6, 6.07) is 9.88. The van der Waals surface area contributed by atoms with Gasteiger partial charge < -0.3 is 15.0 Å². The minimum Gasteiger partial charge on any atom is -0.453 e. The normalized spacial score (nSPS) is 17.8. The summed E-state index contributed by atoms with van der Waals surface area (Å²) in [7, 11) is 0. The number of nitrogens with one attached hydrogen (secondary N) is 1. The number of thioether (sulfide) groups is 1. The van der Waals surface area contributed by atoms with Gasteiger partial charge in [-0.2, -0.15) is 0 Å². The van der Waals surface area contributed by atoms with Crippen LogP contribution in [0.1, 0.15) is 19.4 Å². The van der Waals surface area contributed by atoms with Crippen LogP contribution in [0.4, 0.5) is 4.79 Å². The Hall–Kier alpha value is -1.53. The smallest absolute Gasteiger partial charge is 0.371 e. The summed E-state index contributed by atoms with van der Waals surface area (Å²) < 4.78 is 5.28. The second-order valence-corrected chi connectivity index (χ2v) is 6.32. The van der Waals surface area contributed by atoms with Gasteiger partial charge in [0.15, 0.2) is 5.50 Å². The third kappa shape index (κ3) is 4.75. The highest BCUT2D eigenvalue weighted by Gasteiger charge is 2.25. The molecule has 1 aromatic rings. The number of carbonyl (C=O) groups excluding carboxylic acids is 1. The number of rotatable bonds is 4. The van der Waals surface area contributed by atoms with Crippen molar-refractivity contribution in [3.05, 3.63) is 48.2 Å². The molecule has 0 aliphatic carbocycles. The van der Waals surface area contributed by atoms with Crippen molar-refractivity contribution in [1.29, 1.82) is 0 Å². The van der Waals surface area contributed by atoms with Crippen LogP contribution in [0.3, 0.4) is 0 Å². The van der Waals surface area contributed by atoms with Gasteiger partial charge in [0.2, 0.25) is 0 Å². The van der Waals surface area contributed by atoms with Crippen LogP contribution >= 0.6 is 24.0 Å². The Labute approximate surface area is 134 Å². The number of hydrogen-bond acceptors (Lipinski definition) is 5. The Kier molecular flexibility index (Phi) is 5.64. The summed E-state index contributed by atoms with van der Waals surface area (Å²) in [5.74, 6) is 0. The monoisotopic (exact) mass is 322 g/mol. The molecule has 0 saturated carbocycles. The maximum Gasteiger partial charge on any atom is 0.371 e. The minimum absolute atomic E-state index is 0.231. The van der Waals surface area contributed by atoms with E-state index in [-0.39, 0.29) is 23.4 Å². The molecule has 1 aliphatic rings. The van der Waals surface area contributed by atoms with Crippen molar-refractivity contribution < 1.29 is 9.53 Å². The molecule has 0 bridgehead atoms. The van der Waals surface area contributed by atoms with Gasteiger partial charge in [0, 0.05) is 24.0 Å². The van der Waals surface area contributed by atoms with E-state index < -0.39 is 0 Å². The molecule has 0 amide bonds. The average Bonchev–Trinajstić information content (AvgIpc) is 2.46. The van der Waals surface area contributed by atoms with Gasteiger partial charge in [-0.1, -0.05) is 42.5 Å². The van der Waals surface area contributed by atoms with Crippen LogP contribution in [0, 0.1) is 0 Å². The van der Waals surface area contributed by atoms with Crippen LogP contribution < -0.4 is 5.32 Å². The second-order valence-electron chi connectivity index (χ2n) is 4.86. The molecule has 0 radical (unpaired) electrons. The van der Waals surface area contributed by atoms with Crippen molar-refractivity contribution in [2.24, 2.45) is 0 Å². The molecule has 0 saturated heterocycles. The molecule has 0 spiro atoms. The van der Waals surface area contributed by atoms with Gasteiger partial charge in [-0.15, -0.1) is 0 Å². The van der Waals surface area contributed by atoms with E-state index >= 15 is 0 Å². The molecule has 0 fully saturated rings. The molecule has 1 N–H and O–H groups in total. The Morgan fingerprint density at radius 1 is 1.43 bits per heavy atom. The highest BCUT2D eigenvalue weighted by Crippen LogP contribution is 2.22. The van der Waals surface area contributed by atoms with E-state index in [0.29, 0.717) is 4.99 Å². The molecule has 112 valence electrons. The molecular formula is C15H18N2O2S2. The molecule has 4 nitrogen and oxygen atoms in total. The third-order valence-corrected chi connectivity index (χ3v) is 4.09. The van der Waals surface area contributed by atoms with Gasteiger partial charge >= 0.3 is 5.30 Å². The zero-order valence-corrected chi connectivity index (χ0v) is 13.6. The molecule has 6 heteroatoms. The van der Waals surface area contributed by atoms with Crippen molar-refractivity contribution in [2.75, 3.05) is 0 Å². The first-order chi connectivity index (χ1) is 10.1. The van der Waals surface area contributed by atoms with Crippen molar-refractivity contribution in [3.8, 4) is 0 Å². The van der Waals surface area contributed by atoms with E-state index in [9.17, 15) is 4.79 Å². The summed E-state index contributed by atoms with van der Waals surface area (Å²) in [6.45, 7) is 4.40. The van der Waals surface area contributed by atoms with E-state index in [1.165, 1.54) is 0 Å². The van der Waals surface area contributed by atoms with E-state index in [2.05, 4.69) is 19.2 Å². The first kappa shape index (κ1) is 15.9. The van der Waals surface area contributed by atoms with Crippen LogP contribution in [0.15, 0.2) is 42.6 Å². The molecule has 0 aromatic heterocycles. The van der Waals surface area contributed by atoms with Crippen LogP contribution in [0.25, 0.3) is 0 Å². The zero-order chi connectivity index (χ0) is 15.2. The van der Waals surface area contributed by atoms with Crippen molar-refractivity contribution >= 4 is 34.3 Å². The second kappa shape index (κ2) is 7.47. The van der Waals surface area contributed by atoms with E-state index in [0.717, 1.165) is 17.3 Å². The summed E-state index contributed by atoms with van der Waals surface area (Å²) >= 11 is 6.22. The molecule has 21 heavy (non-hydrogen) atoms. The Morgan fingerprint density at radius 3 is 2.81 bits per heavy atom. The van der Waals surface area contributed by atoms with E-state index in [1.807, 2.05) is 47.5 Å². The maximum atomic E-state index is 12.0. The number of nitrogens with zero attached hydrogens (tertiary/aromatic N) is 1. The summed E-state index contributed by atoms with van der Waals surface area (Å²) in [5.41, 5.74) is 0.741. The van der Waals surface area contributed by atoms with Crippen LogP contribution in [-0.4, -0.2) is 26.7 Å². The molecule has 1 aliphatic heterocycles. The zero-order valence-electron chi connectivity index (χ0n) is 12.0. The van der Waals surface area contributed by atoms with Crippen molar-refractivity contribution in [3.63, 3.8) is 0 Å².